The van der Waals surface area contributed by atoms with Gasteiger partial charge in [0, 0.05) is 30.2 Å². The fraction of sp³-hybridized carbons (Fsp3) is 0.727. The van der Waals surface area contributed by atoms with E-state index in [1.54, 1.807) is 0 Å². The van der Waals surface area contributed by atoms with E-state index in [-0.39, 0.29) is 18.8 Å². The normalized spacial score (nSPS) is 23.9. The minimum Gasteiger partial charge on any atom is -0.326 e. The molecule has 0 amide bonds. The van der Waals surface area contributed by atoms with Crippen LogP contribution in [0.4, 0.5) is 8.78 Å². The molecular formula is C11H16F2N2S. The number of aromatic nitrogens is 1. The van der Waals surface area contributed by atoms with Gasteiger partial charge >= 0.3 is 0 Å². The number of halogens is 2. The highest BCUT2D eigenvalue weighted by molar-refractivity contribution is 7.11. The number of nitrogens with zero attached hydrogens (tertiary/aromatic N) is 1. The van der Waals surface area contributed by atoms with Crippen LogP contribution in [0.5, 0.6) is 0 Å². The molecule has 0 spiro atoms. The van der Waals surface area contributed by atoms with Gasteiger partial charge in [0.15, 0.2) is 0 Å². The van der Waals surface area contributed by atoms with Gasteiger partial charge < -0.3 is 5.73 Å². The molecule has 1 aliphatic carbocycles. The van der Waals surface area contributed by atoms with Crippen LogP contribution >= 0.6 is 11.3 Å². The molecule has 2 nitrogen and oxygen atoms in total. The molecule has 1 heterocycles. The van der Waals surface area contributed by atoms with E-state index in [2.05, 4.69) is 4.98 Å². The second-order valence-corrected chi connectivity index (χ2v) is 5.39. The van der Waals surface area contributed by atoms with Crippen molar-refractivity contribution in [1.29, 1.82) is 0 Å². The largest absolute Gasteiger partial charge is 0.326 e. The molecule has 1 atom stereocenters. The van der Waals surface area contributed by atoms with Crippen LogP contribution in [0.1, 0.15) is 47.7 Å². The van der Waals surface area contributed by atoms with Gasteiger partial charge in [-0.05, 0) is 12.8 Å². The van der Waals surface area contributed by atoms with Crippen molar-refractivity contribution in [1.82, 2.24) is 4.98 Å². The van der Waals surface area contributed by atoms with Crippen LogP contribution in [-0.4, -0.2) is 10.9 Å². The Balaban J connectivity index is 2.19. The van der Waals surface area contributed by atoms with Gasteiger partial charge in [0.25, 0.3) is 0 Å². The quantitative estimate of drug-likeness (QED) is 0.890. The van der Waals surface area contributed by atoms with E-state index >= 15 is 0 Å². The first-order chi connectivity index (χ1) is 7.55. The monoisotopic (exact) mass is 246 g/mol. The fourth-order valence-electron chi connectivity index (χ4n) is 2.17. The minimum atomic E-state index is -2.49. The third-order valence-corrected chi connectivity index (χ3v) is 4.35. The van der Waals surface area contributed by atoms with Crippen molar-refractivity contribution in [3.63, 3.8) is 0 Å². The molecule has 1 fully saturated rings. The minimum absolute atomic E-state index is 0.00331. The maximum absolute atomic E-state index is 13.1. The third-order valence-electron chi connectivity index (χ3n) is 3.07. The second kappa shape index (κ2) is 4.37. The topological polar surface area (TPSA) is 38.9 Å². The van der Waals surface area contributed by atoms with E-state index in [0.29, 0.717) is 13.0 Å². The number of nitrogens with two attached hydrogens (primary N) is 1. The van der Waals surface area contributed by atoms with Gasteiger partial charge in [-0.15, -0.1) is 11.3 Å². The smallest absolute Gasteiger partial charge is 0.248 e. The summed E-state index contributed by atoms with van der Waals surface area (Å²) in [6.45, 7) is 2.48. The Morgan fingerprint density at radius 3 is 2.75 bits per heavy atom. The molecule has 0 radical (unpaired) electrons. The van der Waals surface area contributed by atoms with Crippen molar-refractivity contribution in [3.05, 3.63) is 15.6 Å². The molecule has 1 aromatic heterocycles. The molecule has 1 aromatic rings. The number of aryl methyl sites for hydroxylation is 1. The number of thiazole rings is 1. The van der Waals surface area contributed by atoms with E-state index in [1.807, 2.05) is 6.92 Å². The zero-order valence-corrected chi connectivity index (χ0v) is 10.1. The van der Waals surface area contributed by atoms with Crippen molar-refractivity contribution in [3.8, 4) is 0 Å². The molecule has 1 saturated carbocycles. The third kappa shape index (κ3) is 2.25. The second-order valence-electron chi connectivity index (χ2n) is 4.28. The first-order valence-electron chi connectivity index (χ1n) is 5.62. The molecule has 0 saturated heterocycles. The predicted molar refractivity (Wildman–Crippen MR) is 60.9 cm³/mol. The number of rotatable bonds is 3. The highest BCUT2D eigenvalue weighted by Gasteiger charge is 2.41. The summed E-state index contributed by atoms with van der Waals surface area (Å²) in [6, 6.07) is 0. The first-order valence-corrected chi connectivity index (χ1v) is 6.43. The Morgan fingerprint density at radius 1 is 1.56 bits per heavy atom. The zero-order valence-electron chi connectivity index (χ0n) is 9.30. The summed E-state index contributed by atoms with van der Waals surface area (Å²) >= 11 is 1.51. The highest BCUT2D eigenvalue weighted by atomic mass is 32.1. The van der Waals surface area contributed by atoms with Gasteiger partial charge in [0.2, 0.25) is 5.92 Å². The number of alkyl halides is 2. The molecule has 16 heavy (non-hydrogen) atoms. The van der Waals surface area contributed by atoms with E-state index in [1.165, 1.54) is 11.3 Å². The van der Waals surface area contributed by atoms with Crippen molar-refractivity contribution in [2.45, 2.75) is 51.0 Å². The Kier molecular flexibility index (Phi) is 3.26. The van der Waals surface area contributed by atoms with Crippen molar-refractivity contribution in [2.75, 3.05) is 0 Å². The number of hydrogen-bond acceptors (Lipinski definition) is 3. The summed E-state index contributed by atoms with van der Waals surface area (Å²) in [5.41, 5.74) is 6.60. The molecular weight excluding hydrogens is 230 g/mol. The van der Waals surface area contributed by atoms with Crippen molar-refractivity contribution in [2.24, 2.45) is 5.73 Å². The van der Waals surface area contributed by atoms with Crippen molar-refractivity contribution < 1.29 is 8.78 Å². The van der Waals surface area contributed by atoms with E-state index in [9.17, 15) is 8.78 Å². The van der Waals surface area contributed by atoms with Crippen LogP contribution in [-0.2, 0) is 13.0 Å². The van der Waals surface area contributed by atoms with E-state index < -0.39 is 5.92 Å². The van der Waals surface area contributed by atoms with Crippen LogP contribution in [0.15, 0.2) is 0 Å². The fourth-order valence-corrected chi connectivity index (χ4v) is 3.34. The number of hydrogen-bond donors (Lipinski definition) is 1. The molecule has 5 heteroatoms. The molecule has 0 aliphatic heterocycles. The van der Waals surface area contributed by atoms with Crippen LogP contribution in [0.2, 0.25) is 0 Å². The van der Waals surface area contributed by atoms with Crippen LogP contribution in [0.3, 0.4) is 0 Å². The van der Waals surface area contributed by atoms with Gasteiger partial charge in [-0.25, -0.2) is 13.8 Å². The molecule has 0 aromatic carbocycles. The zero-order chi connectivity index (χ0) is 11.8. The predicted octanol–water partition coefficient (Wildman–Crippen LogP) is 3.07. The van der Waals surface area contributed by atoms with E-state index in [0.717, 1.165) is 22.0 Å². The van der Waals surface area contributed by atoms with Crippen LogP contribution in [0, 0.1) is 0 Å². The Morgan fingerprint density at radius 2 is 2.31 bits per heavy atom. The molecule has 2 rings (SSSR count). The summed E-state index contributed by atoms with van der Waals surface area (Å²) in [6.07, 6.45) is 1.32. The maximum Gasteiger partial charge on any atom is 0.248 e. The SMILES string of the molecule is CCc1nc(C2CCC(F)(F)C2)sc1CN. The van der Waals surface area contributed by atoms with E-state index in [4.69, 9.17) is 5.73 Å². The van der Waals surface area contributed by atoms with Gasteiger partial charge in [-0.1, -0.05) is 6.92 Å². The lowest BCUT2D eigenvalue weighted by Gasteiger charge is -2.07. The van der Waals surface area contributed by atoms with Crippen LogP contribution in [0.25, 0.3) is 0 Å². The summed E-state index contributed by atoms with van der Waals surface area (Å²) in [7, 11) is 0. The summed E-state index contributed by atoms with van der Waals surface area (Å²) in [4.78, 5) is 5.50. The van der Waals surface area contributed by atoms with Gasteiger partial charge in [0.1, 0.15) is 0 Å². The molecule has 1 unspecified atom stereocenters. The Bertz CT molecular complexity index is 355. The van der Waals surface area contributed by atoms with Gasteiger partial charge in [-0.2, -0.15) is 0 Å². The summed E-state index contributed by atoms with van der Waals surface area (Å²) in [5.74, 6) is -2.56. The average Bonchev–Trinajstić information content (AvgIpc) is 2.80. The Hall–Kier alpha value is -0.550. The molecule has 90 valence electrons. The summed E-state index contributed by atoms with van der Waals surface area (Å²) in [5, 5.41) is 0.856. The molecule has 1 aliphatic rings. The van der Waals surface area contributed by atoms with Gasteiger partial charge in [0.05, 0.1) is 10.7 Å². The average molecular weight is 246 g/mol. The molecule has 0 bridgehead atoms. The lowest BCUT2D eigenvalue weighted by molar-refractivity contribution is 0.00776. The maximum atomic E-state index is 13.1. The Labute approximate surface area is 97.9 Å². The standard InChI is InChI=1S/C11H16F2N2S/c1-2-8-9(6-14)16-10(15-8)7-3-4-11(12,13)5-7/h7H,2-6,14H2,1H3. The summed E-state index contributed by atoms with van der Waals surface area (Å²) < 4.78 is 26.2. The lowest BCUT2D eigenvalue weighted by atomic mass is 10.1. The first kappa shape index (κ1) is 11.9. The van der Waals surface area contributed by atoms with Gasteiger partial charge in [-0.3, -0.25) is 0 Å². The highest BCUT2D eigenvalue weighted by Crippen LogP contribution is 2.45. The van der Waals surface area contributed by atoms with Crippen molar-refractivity contribution >= 4 is 11.3 Å². The molecule has 2 N–H and O–H groups in total. The van der Waals surface area contributed by atoms with Crippen LogP contribution < -0.4 is 5.73 Å². The lowest BCUT2D eigenvalue weighted by Crippen LogP contribution is -2.09.